The van der Waals surface area contributed by atoms with E-state index in [1.54, 1.807) is 0 Å². The standard InChI is InChI=1S/C27H36N5O2P/c1-21-10-11-25(20-22(21)2)29-35(30-12-16-33-17-13-30,31-14-18-34-19-15-31)27-23(3)28-32(24(27)4)26-8-6-5-7-9-26/h5-11,20H,12-19H2,1-4H3. The van der Waals surface area contributed by atoms with Gasteiger partial charge in [0, 0.05) is 26.2 Å². The second-order valence-corrected chi connectivity index (χ2v) is 12.3. The van der Waals surface area contributed by atoms with E-state index >= 15 is 0 Å². The number of hydrogen-bond donors (Lipinski definition) is 0. The first-order valence-corrected chi connectivity index (χ1v) is 14.1. The van der Waals surface area contributed by atoms with Crippen LogP contribution < -0.4 is 5.30 Å². The largest absolute Gasteiger partial charge is 0.379 e. The molecule has 1 aromatic heterocycles. The normalized spacial score (nSPS) is 18.1. The van der Waals surface area contributed by atoms with Crippen LogP contribution in [-0.4, -0.2) is 71.7 Å². The summed E-state index contributed by atoms with van der Waals surface area (Å²) in [7, 11) is -2.38. The number of ether oxygens (including phenoxy) is 2. The van der Waals surface area contributed by atoms with Gasteiger partial charge in [-0.3, -0.25) is 0 Å². The lowest BCUT2D eigenvalue weighted by molar-refractivity contribution is 0.0578. The second kappa shape index (κ2) is 10.4. The topological polar surface area (TPSA) is 55.1 Å². The Labute approximate surface area is 208 Å². The number of aromatic nitrogens is 2. The first-order chi connectivity index (χ1) is 17.0. The molecule has 0 unspecified atom stereocenters. The van der Waals surface area contributed by atoms with Crippen molar-refractivity contribution >= 4 is 18.3 Å². The first-order valence-electron chi connectivity index (χ1n) is 12.5. The van der Waals surface area contributed by atoms with E-state index in [-0.39, 0.29) is 0 Å². The third-order valence-corrected chi connectivity index (χ3v) is 11.2. The van der Waals surface area contributed by atoms with Crippen LogP contribution in [0.1, 0.15) is 22.5 Å². The predicted octanol–water partition coefficient (Wildman–Crippen LogP) is 4.76. The van der Waals surface area contributed by atoms with Gasteiger partial charge in [-0.25, -0.2) is 18.8 Å². The number of hydrogen-bond acceptors (Lipinski definition) is 4. The lowest BCUT2D eigenvalue weighted by Gasteiger charge is -2.46. The third-order valence-electron chi connectivity index (χ3n) is 7.06. The molecule has 0 radical (unpaired) electrons. The highest BCUT2D eigenvalue weighted by Crippen LogP contribution is 2.59. The van der Waals surface area contributed by atoms with Crippen molar-refractivity contribution < 1.29 is 9.47 Å². The molecule has 0 spiro atoms. The van der Waals surface area contributed by atoms with Gasteiger partial charge in [-0.05, 0) is 63.1 Å². The zero-order valence-electron chi connectivity index (χ0n) is 21.3. The summed E-state index contributed by atoms with van der Waals surface area (Å²) in [5.41, 5.74) is 6.87. The molecule has 2 fully saturated rings. The van der Waals surface area contributed by atoms with Crippen LogP contribution in [0.25, 0.3) is 5.69 Å². The highest BCUT2D eigenvalue weighted by Gasteiger charge is 2.42. The molecule has 2 aliphatic rings. The molecule has 0 saturated carbocycles. The molecule has 3 heterocycles. The molecular weight excluding hydrogens is 457 g/mol. The zero-order valence-corrected chi connectivity index (χ0v) is 22.2. The summed E-state index contributed by atoms with van der Waals surface area (Å²) >= 11 is 0. The van der Waals surface area contributed by atoms with Crippen LogP contribution in [0.3, 0.4) is 0 Å². The number of para-hydroxylation sites is 1. The minimum Gasteiger partial charge on any atom is -0.379 e. The lowest BCUT2D eigenvalue weighted by Crippen LogP contribution is -2.47. The van der Waals surface area contributed by atoms with Gasteiger partial charge in [0.25, 0.3) is 0 Å². The average Bonchev–Trinajstić information content (AvgIpc) is 3.20. The minimum absolute atomic E-state index is 0.722. The van der Waals surface area contributed by atoms with E-state index < -0.39 is 7.36 Å². The van der Waals surface area contributed by atoms with Crippen molar-refractivity contribution in [1.82, 2.24) is 19.1 Å². The van der Waals surface area contributed by atoms with Crippen molar-refractivity contribution in [2.24, 2.45) is 4.74 Å². The van der Waals surface area contributed by atoms with Crippen LogP contribution in [0.2, 0.25) is 0 Å². The van der Waals surface area contributed by atoms with Crippen LogP contribution in [0, 0.1) is 27.7 Å². The quantitative estimate of drug-likeness (QED) is 0.480. The van der Waals surface area contributed by atoms with Crippen molar-refractivity contribution in [2.75, 3.05) is 52.6 Å². The van der Waals surface area contributed by atoms with Gasteiger partial charge in [0.1, 0.15) is 7.36 Å². The summed E-state index contributed by atoms with van der Waals surface area (Å²) in [6.45, 7) is 15.0. The van der Waals surface area contributed by atoms with Crippen LogP contribution in [0.15, 0.2) is 53.3 Å². The molecule has 35 heavy (non-hydrogen) atoms. The molecule has 8 heteroatoms. The van der Waals surface area contributed by atoms with Crippen molar-refractivity contribution in [3.63, 3.8) is 0 Å². The molecule has 2 aliphatic heterocycles. The molecule has 0 amide bonds. The molecule has 3 aromatic rings. The van der Waals surface area contributed by atoms with Gasteiger partial charge >= 0.3 is 0 Å². The predicted molar refractivity (Wildman–Crippen MR) is 142 cm³/mol. The Balaban J connectivity index is 1.80. The minimum atomic E-state index is -2.38. The van der Waals surface area contributed by atoms with E-state index in [1.807, 2.05) is 6.07 Å². The van der Waals surface area contributed by atoms with Crippen molar-refractivity contribution in [3.05, 3.63) is 71.0 Å². The van der Waals surface area contributed by atoms with Gasteiger partial charge < -0.3 is 9.47 Å². The van der Waals surface area contributed by atoms with Gasteiger partial charge in [0.15, 0.2) is 0 Å². The molecular formula is C27H36N5O2P. The van der Waals surface area contributed by atoms with Crippen molar-refractivity contribution in [1.29, 1.82) is 0 Å². The molecule has 0 bridgehead atoms. The smallest absolute Gasteiger partial charge is 0.136 e. The Morgan fingerprint density at radius 2 is 1.37 bits per heavy atom. The summed E-state index contributed by atoms with van der Waals surface area (Å²) in [5, 5.41) is 6.34. The van der Waals surface area contributed by atoms with E-state index in [0.29, 0.717) is 0 Å². The molecule has 0 aliphatic carbocycles. The fraction of sp³-hybridized carbons (Fsp3) is 0.444. The maximum Gasteiger partial charge on any atom is 0.136 e. The number of nitrogens with zero attached hydrogens (tertiary/aromatic N) is 5. The summed E-state index contributed by atoms with van der Waals surface area (Å²) in [5.74, 6) is 0. The number of benzene rings is 2. The lowest BCUT2D eigenvalue weighted by atomic mass is 10.1. The Morgan fingerprint density at radius 1 is 0.771 bits per heavy atom. The van der Waals surface area contributed by atoms with Crippen LogP contribution >= 0.6 is 7.36 Å². The third kappa shape index (κ3) is 4.64. The van der Waals surface area contributed by atoms with Crippen molar-refractivity contribution in [2.45, 2.75) is 27.7 Å². The van der Waals surface area contributed by atoms with Gasteiger partial charge in [0.2, 0.25) is 0 Å². The molecule has 5 rings (SSSR count). The Hall–Kier alpha value is -2.28. The van der Waals surface area contributed by atoms with Gasteiger partial charge in [-0.2, -0.15) is 5.10 Å². The van der Waals surface area contributed by atoms with E-state index in [4.69, 9.17) is 19.3 Å². The fourth-order valence-electron chi connectivity index (χ4n) is 5.14. The molecule has 0 N–H and O–H groups in total. The number of aryl methyl sites for hydroxylation is 3. The van der Waals surface area contributed by atoms with Crippen LogP contribution in [-0.2, 0) is 9.47 Å². The molecule has 2 aromatic carbocycles. The highest BCUT2D eigenvalue weighted by atomic mass is 31.2. The van der Waals surface area contributed by atoms with Gasteiger partial charge in [-0.15, -0.1) is 0 Å². The van der Waals surface area contributed by atoms with Crippen LogP contribution in [0.4, 0.5) is 5.69 Å². The monoisotopic (exact) mass is 493 g/mol. The summed E-state index contributed by atoms with van der Waals surface area (Å²) in [6, 6.07) is 17.0. The fourth-order valence-corrected chi connectivity index (χ4v) is 9.31. The number of morpholine rings is 2. The van der Waals surface area contributed by atoms with Crippen LogP contribution in [0.5, 0.6) is 0 Å². The average molecular weight is 494 g/mol. The maximum atomic E-state index is 5.81. The zero-order chi connectivity index (χ0) is 24.4. The Morgan fingerprint density at radius 3 is 1.94 bits per heavy atom. The van der Waals surface area contributed by atoms with E-state index in [0.717, 1.165) is 75.4 Å². The SMILES string of the molecule is Cc1ccc(N=P(c2c(C)nn(-c3ccccc3)c2C)(N2CCOCC2)N2CCOCC2)cc1C. The second-order valence-electron chi connectivity index (χ2n) is 9.34. The van der Waals surface area contributed by atoms with Crippen molar-refractivity contribution in [3.8, 4) is 5.69 Å². The molecule has 186 valence electrons. The van der Waals surface area contributed by atoms with E-state index in [2.05, 4.69) is 84.2 Å². The van der Waals surface area contributed by atoms with Gasteiger partial charge in [0.05, 0.1) is 54.5 Å². The summed E-state index contributed by atoms with van der Waals surface area (Å²) < 4.78 is 24.6. The van der Waals surface area contributed by atoms with E-state index in [1.165, 1.54) is 16.4 Å². The highest BCUT2D eigenvalue weighted by molar-refractivity contribution is 7.69. The molecule has 0 atom stereocenters. The Bertz CT molecular complexity index is 1210. The Kier molecular flexibility index (Phi) is 7.24. The van der Waals surface area contributed by atoms with Gasteiger partial charge in [-0.1, -0.05) is 24.3 Å². The summed E-state index contributed by atoms with van der Waals surface area (Å²) in [4.78, 5) is 0. The maximum absolute atomic E-state index is 5.81. The number of rotatable bonds is 5. The molecule has 2 saturated heterocycles. The summed E-state index contributed by atoms with van der Waals surface area (Å²) in [6.07, 6.45) is 0. The molecule has 7 nitrogen and oxygen atoms in total. The first kappa shape index (κ1) is 24.4. The van der Waals surface area contributed by atoms with E-state index in [9.17, 15) is 0 Å².